The maximum atomic E-state index is 12.3. The topological polar surface area (TPSA) is 98.2 Å². The van der Waals surface area contributed by atoms with Crippen LogP contribution < -0.4 is 10.5 Å². The van der Waals surface area contributed by atoms with E-state index >= 15 is 0 Å². The van der Waals surface area contributed by atoms with Gasteiger partial charge in [-0.2, -0.15) is 0 Å². The lowest BCUT2D eigenvalue weighted by molar-refractivity contribution is 0.452. The standard InChI is InChI=1S/C14H19N3O3S/c1-4-11-7-16-14(20-11)8-17-21(18,19)13-6-10(3)9(2)5-12(13)15/h5-7,17H,4,8,15H2,1-3H3. The fourth-order valence-corrected chi connectivity index (χ4v) is 3.04. The van der Waals surface area contributed by atoms with E-state index in [1.165, 1.54) is 0 Å². The van der Waals surface area contributed by atoms with Gasteiger partial charge in [-0.25, -0.2) is 18.1 Å². The largest absolute Gasteiger partial charge is 0.444 e. The average molecular weight is 309 g/mol. The summed E-state index contributed by atoms with van der Waals surface area (Å²) in [6.45, 7) is 5.66. The summed E-state index contributed by atoms with van der Waals surface area (Å²) in [4.78, 5) is 4.09. The van der Waals surface area contributed by atoms with E-state index in [2.05, 4.69) is 9.71 Å². The predicted molar refractivity (Wildman–Crippen MR) is 80.2 cm³/mol. The van der Waals surface area contributed by atoms with E-state index in [1.54, 1.807) is 18.3 Å². The molecule has 2 aromatic rings. The third kappa shape index (κ3) is 3.43. The molecule has 0 amide bonds. The van der Waals surface area contributed by atoms with Crippen LogP contribution in [0.4, 0.5) is 5.69 Å². The highest BCUT2D eigenvalue weighted by atomic mass is 32.2. The van der Waals surface area contributed by atoms with Crippen LogP contribution in [0.25, 0.3) is 0 Å². The molecule has 0 bridgehead atoms. The molecule has 114 valence electrons. The number of benzene rings is 1. The Balaban J connectivity index is 2.20. The van der Waals surface area contributed by atoms with Gasteiger partial charge in [-0.3, -0.25) is 0 Å². The third-order valence-electron chi connectivity index (χ3n) is 3.28. The van der Waals surface area contributed by atoms with E-state index in [4.69, 9.17) is 10.2 Å². The molecule has 1 heterocycles. The molecule has 2 rings (SSSR count). The molecular weight excluding hydrogens is 290 g/mol. The first-order valence-electron chi connectivity index (χ1n) is 6.63. The van der Waals surface area contributed by atoms with Crippen molar-refractivity contribution in [3.8, 4) is 0 Å². The molecule has 0 atom stereocenters. The number of anilines is 1. The number of oxazole rings is 1. The molecule has 6 nitrogen and oxygen atoms in total. The zero-order chi connectivity index (χ0) is 15.6. The van der Waals surface area contributed by atoms with Crippen molar-refractivity contribution < 1.29 is 12.8 Å². The number of sulfonamides is 1. The lowest BCUT2D eigenvalue weighted by atomic mass is 10.1. The summed E-state index contributed by atoms with van der Waals surface area (Å²) in [6.07, 6.45) is 2.30. The highest BCUT2D eigenvalue weighted by Gasteiger charge is 2.19. The second-order valence-electron chi connectivity index (χ2n) is 4.87. The Bertz CT molecular complexity index is 751. The molecule has 0 fully saturated rings. The van der Waals surface area contributed by atoms with Gasteiger partial charge in [-0.05, 0) is 37.1 Å². The van der Waals surface area contributed by atoms with Crippen molar-refractivity contribution >= 4 is 15.7 Å². The summed E-state index contributed by atoms with van der Waals surface area (Å²) in [5, 5.41) is 0. The maximum Gasteiger partial charge on any atom is 0.243 e. The molecular formula is C14H19N3O3S. The number of aromatic nitrogens is 1. The molecule has 21 heavy (non-hydrogen) atoms. The van der Waals surface area contributed by atoms with Crippen LogP contribution in [0.1, 0.15) is 29.7 Å². The molecule has 7 heteroatoms. The number of hydrogen-bond donors (Lipinski definition) is 2. The minimum Gasteiger partial charge on any atom is -0.444 e. The minimum absolute atomic E-state index is 0.00526. The smallest absolute Gasteiger partial charge is 0.243 e. The number of aryl methyl sites for hydroxylation is 3. The minimum atomic E-state index is -3.70. The van der Waals surface area contributed by atoms with Crippen molar-refractivity contribution in [2.24, 2.45) is 0 Å². The highest BCUT2D eigenvalue weighted by molar-refractivity contribution is 7.89. The van der Waals surface area contributed by atoms with Crippen molar-refractivity contribution in [1.29, 1.82) is 0 Å². The van der Waals surface area contributed by atoms with Crippen LogP contribution in [-0.4, -0.2) is 13.4 Å². The van der Waals surface area contributed by atoms with Gasteiger partial charge in [-0.1, -0.05) is 6.92 Å². The van der Waals surface area contributed by atoms with Gasteiger partial charge < -0.3 is 10.2 Å². The first-order valence-corrected chi connectivity index (χ1v) is 8.11. The Morgan fingerprint density at radius 2 is 1.95 bits per heavy atom. The summed E-state index contributed by atoms with van der Waals surface area (Å²) in [7, 11) is -3.70. The van der Waals surface area contributed by atoms with Crippen molar-refractivity contribution in [2.75, 3.05) is 5.73 Å². The average Bonchev–Trinajstić information content (AvgIpc) is 2.88. The van der Waals surface area contributed by atoms with Gasteiger partial charge in [0.05, 0.1) is 18.4 Å². The van der Waals surface area contributed by atoms with Crippen LogP contribution >= 0.6 is 0 Å². The zero-order valence-electron chi connectivity index (χ0n) is 12.3. The fraction of sp³-hybridized carbons (Fsp3) is 0.357. The van der Waals surface area contributed by atoms with Gasteiger partial charge in [0.1, 0.15) is 10.7 Å². The van der Waals surface area contributed by atoms with Gasteiger partial charge in [0, 0.05) is 6.42 Å². The Morgan fingerprint density at radius 3 is 2.57 bits per heavy atom. The van der Waals surface area contributed by atoms with E-state index in [0.717, 1.165) is 16.9 Å². The SMILES string of the molecule is CCc1cnc(CNS(=O)(=O)c2cc(C)c(C)cc2N)o1. The molecule has 0 saturated carbocycles. The van der Waals surface area contributed by atoms with Gasteiger partial charge in [0.2, 0.25) is 15.9 Å². The number of nitrogens with one attached hydrogen (secondary N) is 1. The Morgan fingerprint density at radius 1 is 1.29 bits per heavy atom. The number of nitrogens with two attached hydrogens (primary N) is 1. The second-order valence-corrected chi connectivity index (χ2v) is 6.61. The first kappa shape index (κ1) is 15.5. The Hall–Kier alpha value is -1.86. The summed E-state index contributed by atoms with van der Waals surface area (Å²) in [5.74, 6) is 1.05. The second kappa shape index (κ2) is 5.87. The van der Waals surface area contributed by atoms with Gasteiger partial charge in [0.15, 0.2) is 0 Å². The van der Waals surface area contributed by atoms with Crippen LogP contribution in [0, 0.1) is 13.8 Å². The number of nitrogens with zero attached hydrogens (tertiary/aromatic N) is 1. The molecule has 1 aromatic carbocycles. The molecule has 0 saturated heterocycles. The molecule has 0 aliphatic heterocycles. The van der Waals surface area contributed by atoms with Crippen molar-refractivity contribution in [2.45, 2.75) is 38.6 Å². The lowest BCUT2D eigenvalue weighted by Gasteiger charge is -2.10. The predicted octanol–water partition coefficient (Wildman–Crippen LogP) is 1.91. The van der Waals surface area contributed by atoms with Crippen molar-refractivity contribution in [3.05, 3.63) is 41.1 Å². The van der Waals surface area contributed by atoms with E-state index < -0.39 is 10.0 Å². The molecule has 0 radical (unpaired) electrons. The van der Waals surface area contributed by atoms with E-state index in [1.807, 2.05) is 20.8 Å². The van der Waals surface area contributed by atoms with Gasteiger partial charge >= 0.3 is 0 Å². The van der Waals surface area contributed by atoms with Crippen molar-refractivity contribution in [3.63, 3.8) is 0 Å². The first-order chi connectivity index (χ1) is 9.83. The molecule has 0 aliphatic rings. The Kier molecular flexibility index (Phi) is 4.34. The highest BCUT2D eigenvalue weighted by Crippen LogP contribution is 2.22. The number of hydrogen-bond acceptors (Lipinski definition) is 5. The maximum absolute atomic E-state index is 12.3. The van der Waals surface area contributed by atoms with Crippen LogP contribution in [0.2, 0.25) is 0 Å². The molecule has 0 unspecified atom stereocenters. The van der Waals surface area contributed by atoms with Crippen LogP contribution in [0.15, 0.2) is 27.6 Å². The monoisotopic (exact) mass is 309 g/mol. The van der Waals surface area contributed by atoms with Gasteiger partial charge in [0.25, 0.3) is 0 Å². The summed E-state index contributed by atoms with van der Waals surface area (Å²) in [5.41, 5.74) is 7.86. The number of rotatable bonds is 5. The van der Waals surface area contributed by atoms with Gasteiger partial charge in [-0.15, -0.1) is 0 Å². The van der Waals surface area contributed by atoms with Crippen LogP contribution in [-0.2, 0) is 23.0 Å². The summed E-state index contributed by atoms with van der Waals surface area (Å²) in [6, 6.07) is 3.23. The molecule has 0 spiro atoms. The van der Waals surface area contributed by atoms with E-state index in [0.29, 0.717) is 12.3 Å². The quantitative estimate of drug-likeness (QED) is 0.822. The zero-order valence-corrected chi connectivity index (χ0v) is 13.1. The third-order valence-corrected chi connectivity index (χ3v) is 4.74. The number of nitrogen functional groups attached to an aromatic ring is 1. The molecule has 0 aliphatic carbocycles. The normalized spacial score (nSPS) is 11.8. The fourth-order valence-electron chi connectivity index (χ4n) is 1.87. The molecule has 3 N–H and O–H groups in total. The van der Waals surface area contributed by atoms with Crippen LogP contribution in [0.5, 0.6) is 0 Å². The summed E-state index contributed by atoms with van der Waals surface area (Å²) < 4.78 is 32.4. The lowest BCUT2D eigenvalue weighted by Crippen LogP contribution is -2.24. The van der Waals surface area contributed by atoms with E-state index in [9.17, 15) is 8.42 Å². The summed E-state index contributed by atoms with van der Waals surface area (Å²) >= 11 is 0. The van der Waals surface area contributed by atoms with E-state index in [-0.39, 0.29) is 17.1 Å². The Labute approximate surface area is 124 Å². The van der Waals surface area contributed by atoms with Crippen LogP contribution in [0.3, 0.4) is 0 Å². The van der Waals surface area contributed by atoms with Crippen molar-refractivity contribution in [1.82, 2.24) is 9.71 Å². The molecule has 1 aromatic heterocycles.